The van der Waals surface area contributed by atoms with Crippen LogP contribution in [0.1, 0.15) is 44.9 Å². The molecule has 0 aliphatic heterocycles. The van der Waals surface area contributed by atoms with E-state index in [-0.39, 0.29) is 5.91 Å². The largest absolute Gasteiger partial charge is 0.368 e. The number of aryl methyl sites for hydroxylation is 1. The zero-order valence-corrected chi connectivity index (χ0v) is 14.4. The fraction of sp³-hybridized carbons (Fsp3) is 0.786. The molecule has 1 aromatic heterocycles. The maximum absolute atomic E-state index is 12.0. The summed E-state index contributed by atoms with van der Waals surface area (Å²) >= 11 is 3.18. The van der Waals surface area contributed by atoms with Crippen LogP contribution in [-0.2, 0) is 4.79 Å². The first kappa shape index (κ1) is 16.7. The standard InChI is InChI=1S/C14H24N4OS2/c1-3-8-16-14(12(15)19)7-4-5-11(14)6-9-20-13-17-10(2)18-21-13/h11,16H,3-9H2,1-2H3,(H2,15,19). The third-order valence-corrected chi connectivity index (χ3v) is 6.11. The SMILES string of the molecule is CCCNC1(C(N)=O)CCCC1CCSc1nc(C)ns1. The third kappa shape index (κ3) is 3.96. The Bertz CT molecular complexity index is 479. The second kappa shape index (κ2) is 7.56. The molecular formula is C14H24N4OS2. The summed E-state index contributed by atoms with van der Waals surface area (Å²) < 4.78 is 5.20. The Labute approximate surface area is 134 Å². The van der Waals surface area contributed by atoms with Gasteiger partial charge < -0.3 is 11.1 Å². The first-order valence-corrected chi connectivity index (χ1v) is 9.32. The summed E-state index contributed by atoms with van der Waals surface area (Å²) in [5.41, 5.74) is 5.23. The maximum Gasteiger partial charge on any atom is 0.238 e. The van der Waals surface area contributed by atoms with Crippen molar-refractivity contribution >= 4 is 29.2 Å². The van der Waals surface area contributed by atoms with Gasteiger partial charge in [-0.1, -0.05) is 25.1 Å². The molecule has 1 amide bonds. The summed E-state index contributed by atoms with van der Waals surface area (Å²) in [4.78, 5) is 16.4. The number of nitrogens with zero attached hydrogens (tertiary/aromatic N) is 2. The average Bonchev–Trinajstić information content (AvgIpc) is 3.04. The van der Waals surface area contributed by atoms with Gasteiger partial charge in [-0.3, -0.25) is 4.79 Å². The molecule has 1 aliphatic rings. The molecule has 1 saturated carbocycles. The molecule has 1 aliphatic carbocycles. The number of nitrogens with one attached hydrogen (secondary N) is 1. The van der Waals surface area contributed by atoms with E-state index in [0.717, 1.165) is 54.6 Å². The summed E-state index contributed by atoms with van der Waals surface area (Å²) in [6.45, 7) is 4.87. The number of hydrogen-bond acceptors (Lipinski definition) is 6. The van der Waals surface area contributed by atoms with E-state index < -0.39 is 5.54 Å². The summed E-state index contributed by atoms with van der Waals surface area (Å²) in [5.74, 6) is 1.94. The smallest absolute Gasteiger partial charge is 0.238 e. The molecule has 1 fully saturated rings. The Morgan fingerprint density at radius 3 is 3.05 bits per heavy atom. The van der Waals surface area contributed by atoms with Crippen molar-refractivity contribution in [1.82, 2.24) is 14.7 Å². The van der Waals surface area contributed by atoms with Gasteiger partial charge in [0, 0.05) is 5.75 Å². The number of carbonyl (C=O) groups is 1. The van der Waals surface area contributed by atoms with E-state index in [1.165, 1.54) is 11.5 Å². The lowest BCUT2D eigenvalue weighted by Crippen LogP contribution is -2.58. The lowest BCUT2D eigenvalue weighted by molar-refractivity contribution is -0.126. The molecule has 0 bridgehead atoms. The van der Waals surface area contributed by atoms with Gasteiger partial charge >= 0.3 is 0 Å². The zero-order valence-electron chi connectivity index (χ0n) is 12.7. The van der Waals surface area contributed by atoms with Crippen LogP contribution in [0, 0.1) is 12.8 Å². The van der Waals surface area contributed by atoms with Crippen LogP contribution in [0.3, 0.4) is 0 Å². The Morgan fingerprint density at radius 2 is 2.43 bits per heavy atom. The summed E-state index contributed by atoms with van der Waals surface area (Å²) in [6, 6.07) is 0. The molecular weight excluding hydrogens is 304 g/mol. The van der Waals surface area contributed by atoms with Crippen LogP contribution in [0.4, 0.5) is 0 Å². The van der Waals surface area contributed by atoms with E-state index >= 15 is 0 Å². The molecule has 0 aromatic carbocycles. The van der Waals surface area contributed by atoms with Crippen molar-refractivity contribution in [2.45, 2.75) is 55.8 Å². The van der Waals surface area contributed by atoms with E-state index in [9.17, 15) is 4.79 Å². The van der Waals surface area contributed by atoms with Crippen molar-refractivity contribution in [1.29, 1.82) is 0 Å². The van der Waals surface area contributed by atoms with Gasteiger partial charge in [-0.25, -0.2) is 4.98 Å². The van der Waals surface area contributed by atoms with Crippen molar-refractivity contribution < 1.29 is 4.79 Å². The van der Waals surface area contributed by atoms with Crippen LogP contribution < -0.4 is 11.1 Å². The number of amides is 1. The number of carbonyl (C=O) groups excluding carboxylic acids is 1. The number of thioether (sulfide) groups is 1. The predicted molar refractivity (Wildman–Crippen MR) is 87.5 cm³/mol. The van der Waals surface area contributed by atoms with Crippen molar-refractivity contribution in [2.24, 2.45) is 11.7 Å². The molecule has 0 spiro atoms. The lowest BCUT2D eigenvalue weighted by atomic mass is 9.84. The van der Waals surface area contributed by atoms with Crippen LogP contribution >= 0.6 is 23.3 Å². The highest BCUT2D eigenvalue weighted by atomic mass is 32.2. The van der Waals surface area contributed by atoms with Crippen molar-refractivity contribution in [3.63, 3.8) is 0 Å². The minimum atomic E-state index is -0.492. The minimum absolute atomic E-state index is 0.185. The topological polar surface area (TPSA) is 80.9 Å². The van der Waals surface area contributed by atoms with E-state index in [1.807, 2.05) is 6.92 Å². The Balaban J connectivity index is 1.91. The number of rotatable bonds is 8. The summed E-state index contributed by atoms with van der Waals surface area (Å²) in [5, 5.41) is 3.44. The molecule has 7 heteroatoms. The molecule has 2 unspecified atom stereocenters. The highest BCUT2D eigenvalue weighted by Gasteiger charge is 2.46. The van der Waals surface area contributed by atoms with E-state index in [2.05, 4.69) is 21.6 Å². The molecule has 1 aromatic rings. The van der Waals surface area contributed by atoms with E-state index in [4.69, 9.17) is 5.73 Å². The Hall–Kier alpha value is -0.660. The molecule has 3 N–H and O–H groups in total. The third-order valence-electron chi connectivity index (χ3n) is 4.15. The van der Waals surface area contributed by atoms with Crippen LogP contribution in [0.2, 0.25) is 0 Å². The monoisotopic (exact) mass is 328 g/mol. The Morgan fingerprint density at radius 1 is 1.62 bits per heavy atom. The van der Waals surface area contributed by atoms with Gasteiger partial charge in [0.2, 0.25) is 5.91 Å². The maximum atomic E-state index is 12.0. The number of aromatic nitrogens is 2. The lowest BCUT2D eigenvalue weighted by Gasteiger charge is -2.33. The van der Waals surface area contributed by atoms with Crippen molar-refractivity contribution in [3.8, 4) is 0 Å². The summed E-state index contributed by atoms with van der Waals surface area (Å²) in [7, 11) is 0. The molecule has 0 saturated heterocycles. The summed E-state index contributed by atoms with van der Waals surface area (Å²) in [6.07, 6.45) is 5.03. The Kier molecular flexibility index (Phi) is 6.01. The fourth-order valence-electron chi connectivity index (χ4n) is 3.09. The average molecular weight is 329 g/mol. The first-order valence-electron chi connectivity index (χ1n) is 7.56. The molecule has 1 heterocycles. The van der Waals surface area contributed by atoms with Crippen molar-refractivity contribution in [2.75, 3.05) is 12.3 Å². The highest BCUT2D eigenvalue weighted by Crippen LogP contribution is 2.39. The number of nitrogens with two attached hydrogens (primary N) is 1. The molecule has 2 atom stereocenters. The van der Waals surface area contributed by atoms with E-state index in [0.29, 0.717) is 5.92 Å². The van der Waals surface area contributed by atoms with Gasteiger partial charge in [-0.2, -0.15) is 4.37 Å². The van der Waals surface area contributed by atoms with Crippen LogP contribution in [0.15, 0.2) is 4.34 Å². The quantitative estimate of drug-likeness (QED) is 0.716. The van der Waals surface area contributed by atoms with Crippen molar-refractivity contribution in [3.05, 3.63) is 5.82 Å². The van der Waals surface area contributed by atoms with Gasteiger partial charge in [0.25, 0.3) is 0 Å². The molecule has 0 radical (unpaired) electrons. The first-order chi connectivity index (χ1) is 10.1. The van der Waals surface area contributed by atoms with Crippen LogP contribution in [0.25, 0.3) is 0 Å². The minimum Gasteiger partial charge on any atom is -0.368 e. The van der Waals surface area contributed by atoms with Gasteiger partial charge in [-0.15, -0.1) is 0 Å². The second-order valence-corrected chi connectivity index (χ2v) is 7.69. The van der Waals surface area contributed by atoms with Gasteiger partial charge in [0.15, 0.2) is 4.34 Å². The van der Waals surface area contributed by atoms with Crippen LogP contribution in [-0.4, -0.2) is 33.1 Å². The molecule has 21 heavy (non-hydrogen) atoms. The molecule has 118 valence electrons. The van der Waals surface area contributed by atoms with Crippen LogP contribution in [0.5, 0.6) is 0 Å². The van der Waals surface area contributed by atoms with Gasteiger partial charge in [0.1, 0.15) is 11.4 Å². The normalized spacial score (nSPS) is 25.3. The van der Waals surface area contributed by atoms with E-state index in [1.54, 1.807) is 11.8 Å². The number of primary amides is 1. The second-order valence-electron chi connectivity index (χ2n) is 5.60. The predicted octanol–water partition coefficient (Wildman–Crippen LogP) is 2.35. The zero-order chi connectivity index (χ0) is 15.3. The van der Waals surface area contributed by atoms with Gasteiger partial charge in [0.05, 0.1) is 0 Å². The number of hydrogen-bond donors (Lipinski definition) is 2. The molecule has 5 nitrogen and oxygen atoms in total. The van der Waals surface area contributed by atoms with Gasteiger partial charge in [-0.05, 0) is 56.6 Å². The fourth-order valence-corrected chi connectivity index (χ4v) is 4.86. The molecule has 2 rings (SSSR count). The highest BCUT2D eigenvalue weighted by molar-refractivity contribution is 8.00.